The summed E-state index contributed by atoms with van der Waals surface area (Å²) in [5, 5.41) is 22.8. The number of carbonyl (C=O) groups excluding carboxylic acids is 1. The highest BCUT2D eigenvalue weighted by molar-refractivity contribution is 6.03. The molecule has 0 aliphatic heterocycles. The summed E-state index contributed by atoms with van der Waals surface area (Å²) in [4.78, 5) is 17.1. The van der Waals surface area contributed by atoms with Crippen molar-refractivity contribution >= 4 is 45.0 Å². The van der Waals surface area contributed by atoms with Crippen molar-refractivity contribution in [1.82, 2.24) is 34.7 Å². The maximum absolute atomic E-state index is 14.7. The van der Waals surface area contributed by atoms with Crippen molar-refractivity contribution in [3.63, 3.8) is 0 Å². The molecule has 0 spiro atoms. The minimum Gasteiger partial charge on any atom is -0.336 e. The second-order valence-electron chi connectivity index (χ2n) is 7.93. The van der Waals surface area contributed by atoms with E-state index in [0.29, 0.717) is 28.5 Å². The third kappa shape index (κ3) is 3.74. The molecule has 0 saturated carbocycles. The fourth-order valence-electron chi connectivity index (χ4n) is 3.86. The van der Waals surface area contributed by atoms with E-state index in [0.717, 1.165) is 16.3 Å². The van der Waals surface area contributed by atoms with Gasteiger partial charge in [-0.2, -0.15) is 10.2 Å². The molecule has 0 atom stereocenters. The molecule has 11 heteroatoms. The lowest BCUT2D eigenvalue weighted by Crippen LogP contribution is -2.13. The van der Waals surface area contributed by atoms with Crippen molar-refractivity contribution in [3.8, 4) is 5.82 Å². The number of rotatable bonds is 5. The molecule has 0 aliphatic rings. The Morgan fingerprint density at radius 3 is 2.83 bits per heavy atom. The summed E-state index contributed by atoms with van der Waals surface area (Å²) in [6, 6.07) is 15.9. The van der Waals surface area contributed by atoms with Gasteiger partial charge in [-0.3, -0.25) is 14.6 Å². The Kier molecular flexibility index (Phi) is 4.73. The summed E-state index contributed by atoms with van der Waals surface area (Å²) < 4.78 is 17.9. The van der Waals surface area contributed by atoms with Gasteiger partial charge in [0.05, 0.1) is 34.7 Å². The lowest BCUT2D eigenvalue weighted by Gasteiger charge is -2.07. The molecule has 10 nitrogen and oxygen atoms in total. The Morgan fingerprint density at radius 2 is 1.97 bits per heavy atom. The van der Waals surface area contributed by atoms with Crippen LogP contribution >= 0.6 is 0 Å². The second kappa shape index (κ2) is 8.06. The zero-order chi connectivity index (χ0) is 23.9. The van der Waals surface area contributed by atoms with E-state index in [2.05, 4.69) is 36.0 Å². The molecule has 4 heterocycles. The molecular formula is C24H18FN9O. The Hall–Kier alpha value is -5.06. The number of halogens is 1. The number of benzene rings is 2. The van der Waals surface area contributed by atoms with Crippen LogP contribution in [0, 0.1) is 5.82 Å². The van der Waals surface area contributed by atoms with Crippen LogP contribution in [0.5, 0.6) is 0 Å². The molecule has 0 radical (unpaired) electrons. The standard InChI is InChI=1S/C24H18FN9O/c1-33-13-15(12-27-33)24(35)30-21-7-4-8-22(29-21)34-20-6-3-2-5-16(20)23(32-34)28-19-9-14-11-26-31-18(14)10-17(19)25/h2-13H,1H3,(H,26,31)(H,28,32)(H,29,30,35). The van der Waals surface area contributed by atoms with Crippen molar-refractivity contribution in [3.05, 3.63) is 84.6 Å². The zero-order valence-electron chi connectivity index (χ0n) is 18.4. The zero-order valence-corrected chi connectivity index (χ0v) is 18.4. The number of aromatic nitrogens is 7. The van der Waals surface area contributed by atoms with E-state index in [1.54, 1.807) is 53.1 Å². The van der Waals surface area contributed by atoms with Crippen LogP contribution in [0.1, 0.15) is 10.4 Å². The lowest BCUT2D eigenvalue weighted by atomic mass is 10.2. The van der Waals surface area contributed by atoms with E-state index in [9.17, 15) is 9.18 Å². The van der Waals surface area contributed by atoms with E-state index >= 15 is 0 Å². The van der Waals surface area contributed by atoms with Crippen LogP contribution in [-0.4, -0.2) is 40.6 Å². The molecule has 6 aromatic rings. The van der Waals surface area contributed by atoms with Crippen LogP contribution in [0.25, 0.3) is 27.6 Å². The first-order valence-corrected chi connectivity index (χ1v) is 10.7. The van der Waals surface area contributed by atoms with Gasteiger partial charge in [0.15, 0.2) is 11.6 Å². The average molecular weight is 467 g/mol. The molecule has 4 aromatic heterocycles. The van der Waals surface area contributed by atoms with Crippen molar-refractivity contribution in [2.24, 2.45) is 7.05 Å². The first-order valence-electron chi connectivity index (χ1n) is 10.7. The third-order valence-corrected chi connectivity index (χ3v) is 5.53. The molecule has 0 fully saturated rings. The predicted octanol–water partition coefficient (Wildman–Crippen LogP) is 4.17. The number of nitrogens with one attached hydrogen (secondary N) is 3. The predicted molar refractivity (Wildman–Crippen MR) is 129 cm³/mol. The summed E-state index contributed by atoms with van der Waals surface area (Å²) >= 11 is 0. The van der Waals surface area contributed by atoms with E-state index in [4.69, 9.17) is 0 Å². The molecular weight excluding hydrogens is 449 g/mol. The number of pyridine rings is 1. The average Bonchev–Trinajstić information content (AvgIpc) is 3.58. The van der Waals surface area contributed by atoms with Gasteiger partial charge in [-0.1, -0.05) is 18.2 Å². The smallest absolute Gasteiger partial charge is 0.260 e. The van der Waals surface area contributed by atoms with Gasteiger partial charge in [-0.05, 0) is 30.3 Å². The monoisotopic (exact) mass is 467 g/mol. The largest absolute Gasteiger partial charge is 0.336 e. The maximum atomic E-state index is 14.7. The summed E-state index contributed by atoms with van der Waals surface area (Å²) in [5.74, 6) is 0.569. The van der Waals surface area contributed by atoms with Crippen molar-refractivity contribution in [1.29, 1.82) is 0 Å². The number of para-hydroxylation sites is 1. The quantitative estimate of drug-likeness (QED) is 0.350. The highest BCUT2D eigenvalue weighted by Crippen LogP contribution is 2.30. The Labute approximate surface area is 197 Å². The van der Waals surface area contributed by atoms with E-state index in [1.807, 2.05) is 24.3 Å². The number of H-pyrrole nitrogens is 1. The number of fused-ring (bicyclic) bond motifs is 2. The fourth-order valence-corrected chi connectivity index (χ4v) is 3.86. The topological polar surface area (TPSA) is 118 Å². The molecule has 3 N–H and O–H groups in total. The van der Waals surface area contributed by atoms with Crippen molar-refractivity contribution in [2.75, 3.05) is 10.6 Å². The van der Waals surface area contributed by atoms with Crippen molar-refractivity contribution < 1.29 is 9.18 Å². The molecule has 0 unspecified atom stereocenters. The molecule has 1 amide bonds. The number of carbonyl (C=O) groups is 1. The van der Waals surface area contributed by atoms with E-state index < -0.39 is 5.82 Å². The molecule has 0 bridgehead atoms. The van der Waals surface area contributed by atoms with Gasteiger partial charge in [-0.25, -0.2) is 14.1 Å². The van der Waals surface area contributed by atoms with Gasteiger partial charge in [0.25, 0.3) is 5.91 Å². The first-order chi connectivity index (χ1) is 17.0. The molecule has 35 heavy (non-hydrogen) atoms. The number of amides is 1. The lowest BCUT2D eigenvalue weighted by molar-refractivity contribution is 0.102. The summed E-state index contributed by atoms with van der Waals surface area (Å²) in [7, 11) is 1.74. The van der Waals surface area contributed by atoms with Crippen molar-refractivity contribution in [2.45, 2.75) is 0 Å². The second-order valence-corrected chi connectivity index (χ2v) is 7.93. The van der Waals surface area contributed by atoms with Crippen LogP contribution < -0.4 is 10.6 Å². The summed E-state index contributed by atoms with van der Waals surface area (Å²) in [5.41, 5.74) is 2.08. The Bertz CT molecular complexity index is 1710. The van der Waals surface area contributed by atoms with Gasteiger partial charge < -0.3 is 10.6 Å². The van der Waals surface area contributed by atoms with Gasteiger partial charge in [0.1, 0.15) is 11.6 Å². The number of nitrogens with zero attached hydrogens (tertiary/aromatic N) is 6. The van der Waals surface area contributed by atoms with Gasteiger partial charge >= 0.3 is 0 Å². The summed E-state index contributed by atoms with van der Waals surface area (Å²) in [6.45, 7) is 0. The Balaban J connectivity index is 1.36. The van der Waals surface area contributed by atoms with E-state index in [1.165, 1.54) is 12.3 Å². The highest BCUT2D eigenvalue weighted by atomic mass is 19.1. The minimum atomic E-state index is -0.432. The third-order valence-electron chi connectivity index (χ3n) is 5.53. The molecule has 2 aromatic carbocycles. The number of hydrogen-bond donors (Lipinski definition) is 3. The number of aromatic amines is 1. The number of aryl methyl sites for hydroxylation is 1. The molecule has 0 saturated heterocycles. The number of anilines is 3. The fraction of sp³-hybridized carbons (Fsp3) is 0.0417. The minimum absolute atomic E-state index is 0.278. The SMILES string of the molecule is Cn1cc(C(=O)Nc2cccc(-n3nc(Nc4cc5cn[nH]c5cc4F)c4ccccc43)n2)cn1. The van der Waals surface area contributed by atoms with Gasteiger partial charge in [0.2, 0.25) is 0 Å². The normalized spacial score (nSPS) is 11.3. The highest BCUT2D eigenvalue weighted by Gasteiger charge is 2.16. The van der Waals surface area contributed by atoms with Crippen LogP contribution in [0.15, 0.2) is 73.2 Å². The molecule has 0 aliphatic carbocycles. The first kappa shape index (κ1) is 20.5. The number of hydrogen-bond acceptors (Lipinski definition) is 6. The maximum Gasteiger partial charge on any atom is 0.260 e. The molecule has 172 valence electrons. The Morgan fingerprint density at radius 1 is 1.09 bits per heavy atom. The molecule has 6 rings (SSSR count). The van der Waals surface area contributed by atoms with E-state index in [-0.39, 0.29) is 11.6 Å². The van der Waals surface area contributed by atoms with Crippen LogP contribution in [0.2, 0.25) is 0 Å². The van der Waals surface area contributed by atoms with Gasteiger partial charge in [0, 0.05) is 30.1 Å². The van der Waals surface area contributed by atoms with Crippen LogP contribution in [-0.2, 0) is 7.05 Å². The van der Waals surface area contributed by atoms with Crippen LogP contribution in [0.3, 0.4) is 0 Å². The van der Waals surface area contributed by atoms with Crippen LogP contribution in [0.4, 0.5) is 21.7 Å². The summed E-state index contributed by atoms with van der Waals surface area (Å²) in [6.07, 6.45) is 4.74. The van der Waals surface area contributed by atoms with Gasteiger partial charge in [-0.15, -0.1) is 5.10 Å².